The third kappa shape index (κ3) is 3.35. The van der Waals surface area contributed by atoms with Crippen LogP contribution < -0.4 is 20.5 Å². The summed E-state index contributed by atoms with van der Waals surface area (Å²) >= 11 is 0. The molecule has 0 bridgehead atoms. The molecule has 92 valence electrons. The number of nitrogens with one attached hydrogen (secondary N) is 1. The maximum Gasteiger partial charge on any atom is 0.218 e. The van der Waals surface area contributed by atoms with Crippen LogP contribution in [-0.4, -0.2) is 31.7 Å². The first-order valence-electron chi connectivity index (χ1n) is 5.63. The Kier molecular flexibility index (Phi) is 3.82. The number of nitrogens with two attached hydrogens (primary N) is 1. The van der Waals surface area contributed by atoms with Gasteiger partial charge in [-0.05, 0) is 12.1 Å². The van der Waals surface area contributed by atoms with Crippen molar-refractivity contribution in [1.29, 1.82) is 0 Å². The molecule has 5 heteroatoms. The Labute approximate surface area is 99.9 Å². The van der Waals surface area contributed by atoms with Crippen molar-refractivity contribution in [3.8, 4) is 11.5 Å². The fourth-order valence-corrected chi connectivity index (χ4v) is 1.64. The molecule has 17 heavy (non-hydrogen) atoms. The van der Waals surface area contributed by atoms with Gasteiger partial charge in [-0.25, -0.2) is 0 Å². The normalized spacial score (nSPS) is 17.8. The number of fused-ring (bicyclic) bond motifs is 1. The van der Waals surface area contributed by atoms with Crippen LogP contribution in [0.1, 0.15) is 6.42 Å². The lowest BCUT2D eigenvalue weighted by Crippen LogP contribution is -2.39. The molecular formula is C12H16N2O3. The minimum Gasteiger partial charge on any atom is -0.486 e. The molecule has 0 saturated heterocycles. The fraction of sp³-hybridized carbons (Fsp3) is 0.417. The molecule has 0 aliphatic carbocycles. The summed E-state index contributed by atoms with van der Waals surface area (Å²) in [6.45, 7) is 1.72. The first-order valence-corrected chi connectivity index (χ1v) is 5.63. The van der Waals surface area contributed by atoms with Gasteiger partial charge in [-0.1, -0.05) is 12.1 Å². The summed E-state index contributed by atoms with van der Waals surface area (Å²) in [7, 11) is 0. The van der Waals surface area contributed by atoms with Gasteiger partial charge in [-0.15, -0.1) is 0 Å². The van der Waals surface area contributed by atoms with E-state index in [1.54, 1.807) is 0 Å². The predicted octanol–water partition coefficient (Wildman–Crippen LogP) is 0.291. The lowest BCUT2D eigenvalue weighted by Gasteiger charge is -2.26. The third-order valence-corrected chi connectivity index (χ3v) is 2.49. The van der Waals surface area contributed by atoms with Crippen molar-refractivity contribution in [3.63, 3.8) is 0 Å². The van der Waals surface area contributed by atoms with Gasteiger partial charge in [0.1, 0.15) is 12.7 Å². The lowest BCUT2D eigenvalue weighted by atomic mass is 10.2. The standard InChI is InChI=1S/C12H16N2O3/c13-12(15)5-6-14-7-9-8-16-10-3-1-2-4-11(10)17-9/h1-4,9,14H,5-8H2,(H2,13,15). The molecule has 1 atom stereocenters. The van der Waals surface area contributed by atoms with Crippen molar-refractivity contribution in [3.05, 3.63) is 24.3 Å². The van der Waals surface area contributed by atoms with E-state index >= 15 is 0 Å². The van der Waals surface area contributed by atoms with Crippen LogP contribution in [0.2, 0.25) is 0 Å². The molecular weight excluding hydrogens is 220 g/mol. The number of hydrogen-bond donors (Lipinski definition) is 2. The first-order chi connectivity index (χ1) is 8.25. The van der Waals surface area contributed by atoms with Crippen LogP contribution in [0, 0.1) is 0 Å². The zero-order valence-corrected chi connectivity index (χ0v) is 9.52. The minimum atomic E-state index is -0.302. The van der Waals surface area contributed by atoms with Crippen LogP contribution in [0.25, 0.3) is 0 Å². The molecule has 1 heterocycles. The Morgan fingerprint density at radius 1 is 1.41 bits per heavy atom. The van der Waals surface area contributed by atoms with Gasteiger partial charge in [0.25, 0.3) is 0 Å². The van der Waals surface area contributed by atoms with Gasteiger partial charge in [-0.3, -0.25) is 4.79 Å². The molecule has 0 saturated carbocycles. The van der Waals surface area contributed by atoms with E-state index in [1.165, 1.54) is 0 Å². The van der Waals surface area contributed by atoms with Crippen LogP contribution in [0.15, 0.2) is 24.3 Å². The number of ether oxygens (including phenoxy) is 2. The van der Waals surface area contributed by atoms with Crippen LogP contribution >= 0.6 is 0 Å². The highest BCUT2D eigenvalue weighted by Crippen LogP contribution is 2.30. The zero-order valence-electron chi connectivity index (χ0n) is 9.52. The SMILES string of the molecule is NC(=O)CCNCC1COc2ccccc2O1. The van der Waals surface area contributed by atoms with E-state index in [-0.39, 0.29) is 12.0 Å². The van der Waals surface area contributed by atoms with Crippen molar-refractivity contribution in [2.24, 2.45) is 5.73 Å². The van der Waals surface area contributed by atoms with Gasteiger partial charge in [-0.2, -0.15) is 0 Å². The monoisotopic (exact) mass is 236 g/mol. The molecule has 1 aromatic carbocycles. The summed E-state index contributed by atoms with van der Waals surface area (Å²) in [4.78, 5) is 10.5. The van der Waals surface area contributed by atoms with E-state index in [0.717, 1.165) is 11.5 Å². The predicted molar refractivity (Wildman–Crippen MR) is 63.0 cm³/mol. The average molecular weight is 236 g/mol. The Morgan fingerprint density at radius 2 is 2.18 bits per heavy atom. The van der Waals surface area contributed by atoms with Gasteiger partial charge in [0.2, 0.25) is 5.91 Å². The Hall–Kier alpha value is -1.75. The summed E-state index contributed by atoms with van der Waals surface area (Å²) in [5.74, 6) is 1.24. The molecule has 1 aliphatic heterocycles. The molecule has 5 nitrogen and oxygen atoms in total. The summed E-state index contributed by atoms with van der Waals surface area (Å²) in [5, 5.41) is 3.11. The van der Waals surface area contributed by atoms with Gasteiger partial charge < -0.3 is 20.5 Å². The smallest absolute Gasteiger partial charge is 0.218 e. The Balaban J connectivity index is 1.76. The van der Waals surface area contributed by atoms with Crippen molar-refractivity contribution in [2.45, 2.75) is 12.5 Å². The average Bonchev–Trinajstić information content (AvgIpc) is 2.34. The lowest BCUT2D eigenvalue weighted by molar-refractivity contribution is -0.117. The van der Waals surface area contributed by atoms with Crippen molar-refractivity contribution in [1.82, 2.24) is 5.32 Å². The van der Waals surface area contributed by atoms with E-state index in [9.17, 15) is 4.79 Å². The van der Waals surface area contributed by atoms with E-state index in [0.29, 0.717) is 26.1 Å². The quantitative estimate of drug-likeness (QED) is 0.721. The van der Waals surface area contributed by atoms with Gasteiger partial charge in [0, 0.05) is 19.5 Å². The second-order valence-corrected chi connectivity index (χ2v) is 3.92. The minimum absolute atomic E-state index is 0.0298. The van der Waals surface area contributed by atoms with Gasteiger partial charge in [0.15, 0.2) is 11.5 Å². The second kappa shape index (κ2) is 5.54. The fourth-order valence-electron chi connectivity index (χ4n) is 1.64. The highest BCUT2D eigenvalue weighted by atomic mass is 16.6. The molecule has 0 aromatic heterocycles. The van der Waals surface area contributed by atoms with Gasteiger partial charge in [0.05, 0.1) is 0 Å². The summed E-state index contributed by atoms with van der Waals surface area (Å²) < 4.78 is 11.3. The highest BCUT2D eigenvalue weighted by Gasteiger charge is 2.19. The molecule has 1 amide bonds. The first kappa shape index (κ1) is 11.7. The number of rotatable bonds is 5. The van der Waals surface area contributed by atoms with Crippen LogP contribution in [-0.2, 0) is 4.79 Å². The largest absolute Gasteiger partial charge is 0.486 e. The van der Waals surface area contributed by atoms with E-state index in [2.05, 4.69) is 5.32 Å². The zero-order chi connectivity index (χ0) is 12.1. The Morgan fingerprint density at radius 3 is 2.94 bits per heavy atom. The maximum absolute atomic E-state index is 10.5. The molecule has 3 N–H and O–H groups in total. The third-order valence-electron chi connectivity index (χ3n) is 2.49. The molecule has 2 rings (SSSR count). The van der Waals surface area contributed by atoms with Crippen molar-refractivity contribution >= 4 is 5.91 Å². The number of carbonyl (C=O) groups excluding carboxylic acids is 1. The number of primary amides is 1. The highest BCUT2D eigenvalue weighted by molar-refractivity contribution is 5.73. The molecule has 0 fully saturated rings. The number of amides is 1. The number of benzene rings is 1. The maximum atomic E-state index is 10.5. The van der Waals surface area contributed by atoms with Gasteiger partial charge >= 0.3 is 0 Å². The molecule has 1 unspecified atom stereocenters. The summed E-state index contributed by atoms with van der Waals surface area (Å²) in [6, 6.07) is 7.58. The van der Waals surface area contributed by atoms with E-state index < -0.39 is 0 Å². The summed E-state index contributed by atoms with van der Waals surface area (Å²) in [6.07, 6.45) is 0.308. The van der Waals surface area contributed by atoms with Crippen molar-refractivity contribution < 1.29 is 14.3 Å². The Bertz CT molecular complexity index is 395. The second-order valence-electron chi connectivity index (χ2n) is 3.92. The van der Waals surface area contributed by atoms with Crippen molar-refractivity contribution in [2.75, 3.05) is 19.7 Å². The molecule has 0 spiro atoms. The number of carbonyl (C=O) groups is 1. The van der Waals surface area contributed by atoms with Crippen LogP contribution in [0.5, 0.6) is 11.5 Å². The van der Waals surface area contributed by atoms with E-state index in [4.69, 9.17) is 15.2 Å². The van der Waals surface area contributed by atoms with Crippen LogP contribution in [0.4, 0.5) is 0 Å². The molecule has 0 radical (unpaired) electrons. The van der Waals surface area contributed by atoms with Crippen LogP contribution in [0.3, 0.4) is 0 Å². The molecule has 1 aliphatic rings. The molecule has 1 aromatic rings. The van der Waals surface area contributed by atoms with E-state index in [1.807, 2.05) is 24.3 Å². The summed E-state index contributed by atoms with van der Waals surface area (Å²) in [5.41, 5.74) is 5.04. The number of para-hydroxylation sites is 2. The number of hydrogen-bond acceptors (Lipinski definition) is 4. The topological polar surface area (TPSA) is 73.6 Å².